The van der Waals surface area contributed by atoms with E-state index < -0.39 is 0 Å². The molecule has 6 aromatic heterocycles. The van der Waals surface area contributed by atoms with E-state index in [0.29, 0.717) is 22.8 Å². The monoisotopic (exact) mass is 618 g/mol. The molecule has 0 saturated carbocycles. The molecule has 0 bridgehead atoms. The van der Waals surface area contributed by atoms with Crippen molar-refractivity contribution in [1.29, 1.82) is 0 Å². The van der Waals surface area contributed by atoms with E-state index in [1.54, 1.807) is 24.5 Å². The van der Waals surface area contributed by atoms with Crippen molar-refractivity contribution in [2.75, 3.05) is 11.5 Å². The number of hydrogen-bond acceptors (Lipinski definition) is 8. The molecule has 0 aliphatic heterocycles. The SMILES string of the molecule is CCc1cc2c(C(=O)n3nc(N)c4c3CCCC4)ccnc2[nH]1.CCc1cc2c(C(=O)n3nc4c(c3N)CCCC4)ccnc2[nH]1. The molecule has 2 aliphatic rings. The van der Waals surface area contributed by atoms with Gasteiger partial charge in [-0.25, -0.2) is 9.97 Å². The molecule has 0 unspecified atom stereocenters. The predicted molar refractivity (Wildman–Crippen MR) is 177 cm³/mol. The van der Waals surface area contributed by atoms with E-state index >= 15 is 0 Å². The fourth-order valence-corrected chi connectivity index (χ4v) is 6.67. The maximum absolute atomic E-state index is 13.0. The Morgan fingerprint density at radius 3 is 1.87 bits per heavy atom. The Kier molecular flexibility index (Phi) is 7.63. The standard InChI is InChI=1S/2C17H19N5O/c1-2-10-9-13-11(7-8-19-16(13)20-10)17(23)22-14-6-4-3-5-12(14)15(18)21-22;1-2-10-9-13-11(7-8-19-16(13)20-10)17(23)22-15(18)12-5-3-4-6-14(12)21-22/h7-9H,2-6H2,1H3,(H2,18,21)(H,19,20);7-9H,2-6,18H2,1H3,(H,19,20). The first kappa shape index (κ1) is 29.5. The van der Waals surface area contributed by atoms with Crippen LogP contribution in [0, 0.1) is 0 Å². The lowest BCUT2D eigenvalue weighted by atomic mass is 9.97. The molecule has 6 aromatic rings. The molecular formula is C34H38N10O2. The average molecular weight is 619 g/mol. The minimum Gasteiger partial charge on any atom is -0.383 e. The molecule has 12 heteroatoms. The van der Waals surface area contributed by atoms with Gasteiger partial charge in [0.2, 0.25) is 0 Å². The molecular weight excluding hydrogens is 580 g/mol. The molecule has 0 radical (unpaired) electrons. The molecule has 0 spiro atoms. The summed E-state index contributed by atoms with van der Waals surface area (Å²) >= 11 is 0. The average Bonchev–Trinajstić information content (AvgIpc) is 3.87. The Hall–Kier alpha value is -5.26. The molecule has 2 aliphatic carbocycles. The summed E-state index contributed by atoms with van der Waals surface area (Å²) in [6.07, 6.45) is 13.0. The maximum atomic E-state index is 13.0. The molecule has 6 N–H and O–H groups in total. The molecule has 12 nitrogen and oxygen atoms in total. The molecule has 0 saturated heterocycles. The summed E-state index contributed by atoms with van der Waals surface area (Å²) in [5, 5.41) is 10.5. The van der Waals surface area contributed by atoms with E-state index in [0.717, 1.165) is 120 Å². The number of aryl methyl sites for hydroxylation is 3. The first-order valence-electron chi connectivity index (χ1n) is 16.1. The topological polar surface area (TPSA) is 179 Å². The zero-order valence-corrected chi connectivity index (χ0v) is 26.2. The lowest BCUT2D eigenvalue weighted by Gasteiger charge is -2.13. The largest absolute Gasteiger partial charge is 0.383 e. The second kappa shape index (κ2) is 11.9. The summed E-state index contributed by atoms with van der Waals surface area (Å²) in [7, 11) is 0. The van der Waals surface area contributed by atoms with Crippen molar-refractivity contribution in [3.63, 3.8) is 0 Å². The molecule has 46 heavy (non-hydrogen) atoms. The van der Waals surface area contributed by atoms with Crippen LogP contribution in [0.2, 0.25) is 0 Å². The van der Waals surface area contributed by atoms with Gasteiger partial charge in [0.05, 0.1) is 22.5 Å². The Labute approximate surface area is 265 Å². The van der Waals surface area contributed by atoms with Crippen LogP contribution in [0.1, 0.15) is 94.1 Å². The maximum Gasteiger partial charge on any atom is 0.280 e. The van der Waals surface area contributed by atoms with Crippen molar-refractivity contribution in [3.8, 4) is 0 Å². The van der Waals surface area contributed by atoms with E-state index in [4.69, 9.17) is 11.5 Å². The molecule has 0 atom stereocenters. The lowest BCUT2D eigenvalue weighted by molar-refractivity contribution is 0.0937. The highest BCUT2D eigenvalue weighted by molar-refractivity contribution is 6.08. The second-order valence-electron chi connectivity index (χ2n) is 12.0. The normalized spacial score (nSPS) is 14.1. The minimum atomic E-state index is -0.189. The number of H-pyrrole nitrogens is 2. The third-order valence-corrected chi connectivity index (χ3v) is 9.19. The fraction of sp³-hybridized carbons (Fsp3) is 0.353. The van der Waals surface area contributed by atoms with Crippen LogP contribution in [0.5, 0.6) is 0 Å². The Bertz CT molecular complexity index is 2110. The number of carbonyl (C=O) groups is 2. The minimum absolute atomic E-state index is 0.131. The zero-order valence-electron chi connectivity index (χ0n) is 26.2. The third-order valence-electron chi connectivity index (χ3n) is 9.19. The van der Waals surface area contributed by atoms with Gasteiger partial charge >= 0.3 is 0 Å². The van der Waals surface area contributed by atoms with Crippen molar-refractivity contribution < 1.29 is 9.59 Å². The number of pyridine rings is 2. The van der Waals surface area contributed by atoms with Gasteiger partial charge in [-0.15, -0.1) is 5.10 Å². The van der Waals surface area contributed by atoms with Crippen LogP contribution in [-0.2, 0) is 38.5 Å². The molecule has 236 valence electrons. The van der Waals surface area contributed by atoms with Gasteiger partial charge in [0.15, 0.2) is 0 Å². The quantitative estimate of drug-likeness (QED) is 0.214. The van der Waals surface area contributed by atoms with Crippen molar-refractivity contribution >= 4 is 45.5 Å². The van der Waals surface area contributed by atoms with Crippen LogP contribution >= 0.6 is 0 Å². The third kappa shape index (κ3) is 5.03. The van der Waals surface area contributed by atoms with Gasteiger partial charge in [-0.2, -0.15) is 14.5 Å². The highest BCUT2D eigenvalue weighted by Crippen LogP contribution is 2.29. The molecule has 0 aromatic carbocycles. The fourth-order valence-electron chi connectivity index (χ4n) is 6.67. The predicted octanol–water partition coefficient (Wildman–Crippen LogP) is 4.94. The first-order valence-corrected chi connectivity index (χ1v) is 16.1. The number of nitrogen functional groups attached to an aromatic ring is 2. The van der Waals surface area contributed by atoms with Gasteiger partial charge in [-0.05, 0) is 88.5 Å². The number of anilines is 2. The number of aromatic nitrogens is 8. The van der Waals surface area contributed by atoms with Gasteiger partial charge in [0.25, 0.3) is 11.8 Å². The highest BCUT2D eigenvalue weighted by Gasteiger charge is 2.26. The van der Waals surface area contributed by atoms with Crippen molar-refractivity contribution in [2.45, 2.75) is 78.1 Å². The number of fused-ring (bicyclic) bond motifs is 4. The van der Waals surface area contributed by atoms with Crippen LogP contribution in [0.25, 0.3) is 22.1 Å². The number of hydrogen-bond donors (Lipinski definition) is 4. The van der Waals surface area contributed by atoms with Gasteiger partial charge in [0, 0.05) is 45.7 Å². The van der Waals surface area contributed by atoms with Crippen LogP contribution in [0.15, 0.2) is 36.7 Å². The molecule has 0 fully saturated rings. The van der Waals surface area contributed by atoms with E-state index in [9.17, 15) is 9.59 Å². The van der Waals surface area contributed by atoms with Crippen molar-refractivity contribution in [3.05, 3.63) is 81.7 Å². The van der Waals surface area contributed by atoms with Gasteiger partial charge in [-0.3, -0.25) is 9.59 Å². The van der Waals surface area contributed by atoms with Gasteiger partial charge < -0.3 is 21.4 Å². The summed E-state index contributed by atoms with van der Waals surface area (Å²) in [5.74, 6) is 0.655. The summed E-state index contributed by atoms with van der Waals surface area (Å²) in [6.45, 7) is 4.13. The molecule has 0 amide bonds. The van der Waals surface area contributed by atoms with Gasteiger partial charge in [0.1, 0.15) is 22.9 Å². The Morgan fingerprint density at radius 2 is 1.28 bits per heavy atom. The summed E-state index contributed by atoms with van der Waals surface area (Å²) in [5.41, 5.74) is 21.0. The van der Waals surface area contributed by atoms with E-state index in [1.807, 2.05) is 12.1 Å². The van der Waals surface area contributed by atoms with Crippen molar-refractivity contribution in [2.24, 2.45) is 0 Å². The summed E-state index contributed by atoms with van der Waals surface area (Å²) < 4.78 is 2.86. The summed E-state index contributed by atoms with van der Waals surface area (Å²) in [6, 6.07) is 7.47. The van der Waals surface area contributed by atoms with Crippen LogP contribution in [0.3, 0.4) is 0 Å². The Balaban J connectivity index is 0.000000147. The van der Waals surface area contributed by atoms with E-state index in [-0.39, 0.29) is 11.8 Å². The summed E-state index contributed by atoms with van der Waals surface area (Å²) in [4.78, 5) is 41.1. The van der Waals surface area contributed by atoms with Crippen LogP contribution < -0.4 is 11.5 Å². The van der Waals surface area contributed by atoms with E-state index in [2.05, 4.69) is 44.0 Å². The number of carbonyl (C=O) groups excluding carboxylic acids is 2. The number of nitrogens with two attached hydrogens (primary N) is 2. The molecule has 8 rings (SSSR count). The van der Waals surface area contributed by atoms with Crippen molar-refractivity contribution in [1.82, 2.24) is 39.5 Å². The lowest BCUT2D eigenvalue weighted by Crippen LogP contribution is -2.18. The first-order chi connectivity index (χ1) is 22.4. The van der Waals surface area contributed by atoms with Crippen LogP contribution in [0.4, 0.5) is 11.6 Å². The highest BCUT2D eigenvalue weighted by atomic mass is 16.2. The van der Waals surface area contributed by atoms with Gasteiger partial charge in [-0.1, -0.05) is 13.8 Å². The number of aromatic amines is 2. The van der Waals surface area contributed by atoms with E-state index in [1.165, 1.54) is 9.36 Å². The number of rotatable bonds is 4. The van der Waals surface area contributed by atoms with Crippen LogP contribution in [-0.4, -0.2) is 51.3 Å². The smallest absolute Gasteiger partial charge is 0.280 e. The Morgan fingerprint density at radius 1 is 0.739 bits per heavy atom. The number of nitrogens with zero attached hydrogens (tertiary/aromatic N) is 6. The molecule has 6 heterocycles. The zero-order chi connectivity index (χ0) is 31.9. The second-order valence-corrected chi connectivity index (χ2v) is 12.0. The number of nitrogens with one attached hydrogen (secondary N) is 2.